The monoisotopic (exact) mass is 283 g/mol. The fourth-order valence-electron chi connectivity index (χ4n) is 2.25. The first-order valence-corrected chi connectivity index (χ1v) is 6.70. The maximum Gasteiger partial charge on any atom is 0.255 e. The number of anilines is 1. The van der Waals surface area contributed by atoms with Gasteiger partial charge in [-0.1, -0.05) is 11.6 Å². The highest BCUT2D eigenvalue weighted by atomic mass is 35.5. The molecular formula is C13H18ClN3O2. The SMILES string of the molecule is CN(CC1CCCOC1)C(=O)c1cc(Cl)ncc1N. The number of pyridine rings is 1. The van der Waals surface area contributed by atoms with E-state index in [-0.39, 0.29) is 11.1 Å². The average molecular weight is 284 g/mol. The molecule has 0 aliphatic carbocycles. The van der Waals surface area contributed by atoms with Crippen LogP contribution in [0.1, 0.15) is 23.2 Å². The highest BCUT2D eigenvalue weighted by molar-refractivity contribution is 6.29. The topological polar surface area (TPSA) is 68.5 Å². The van der Waals surface area contributed by atoms with Crippen LogP contribution in [0.15, 0.2) is 12.3 Å². The van der Waals surface area contributed by atoms with E-state index in [2.05, 4.69) is 4.98 Å². The minimum atomic E-state index is -0.132. The summed E-state index contributed by atoms with van der Waals surface area (Å²) >= 11 is 5.80. The molecular weight excluding hydrogens is 266 g/mol. The van der Waals surface area contributed by atoms with Crippen LogP contribution in [0.2, 0.25) is 5.15 Å². The van der Waals surface area contributed by atoms with Gasteiger partial charge >= 0.3 is 0 Å². The van der Waals surface area contributed by atoms with E-state index >= 15 is 0 Å². The summed E-state index contributed by atoms with van der Waals surface area (Å²) in [7, 11) is 1.77. The Bertz CT molecular complexity index is 461. The van der Waals surface area contributed by atoms with Crippen LogP contribution >= 0.6 is 11.6 Å². The summed E-state index contributed by atoms with van der Waals surface area (Å²) in [5.41, 5.74) is 6.52. The van der Waals surface area contributed by atoms with Crippen molar-refractivity contribution in [2.75, 3.05) is 32.5 Å². The van der Waals surface area contributed by atoms with E-state index in [1.807, 2.05) is 0 Å². The van der Waals surface area contributed by atoms with Crippen molar-refractivity contribution in [2.45, 2.75) is 12.8 Å². The lowest BCUT2D eigenvalue weighted by molar-refractivity contribution is 0.0389. The van der Waals surface area contributed by atoms with Crippen molar-refractivity contribution in [3.63, 3.8) is 0 Å². The van der Waals surface area contributed by atoms with Crippen LogP contribution in [-0.2, 0) is 4.74 Å². The first-order chi connectivity index (χ1) is 9.08. The molecule has 5 nitrogen and oxygen atoms in total. The Morgan fingerprint density at radius 1 is 1.68 bits per heavy atom. The number of hydrogen-bond donors (Lipinski definition) is 1. The Kier molecular flexibility index (Phi) is 4.61. The molecule has 6 heteroatoms. The van der Waals surface area contributed by atoms with Crippen LogP contribution < -0.4 is 5.73 Å². The Balaban J connectivity index is 2.03. The summed E-state index contributed by atoms with van der Waals surface area (Å²) in [5, 5.41) is 0.270. The maximum atomic E-state index is 12.3. The van der Waals surface area contributed by atoms with Gasteiger partial charge < -0.3 is 15.4 Å². The molecule has 1 aromatic heterocycles. The van der Waals surface area contributed by atoms with Crippen molar-refractivity contribution in [2.24, 2.45) is 5.92 Å². The molecule has 0 spiro atoms. The van der Waals surface area contributed by atoms with E-state index in [1.54, 1.807) is 11.9 Å². The molecule has 1 atom stereocenters. The number of rotatable bonds is 3. The molecule has 2 heterocycles. The van der Waals surface area contributed by atoms with Gasteiger partial charge in [0, 0.05) is 20.2 Å². The van der Waals surface area contributed by atoms with Crippen molar-refractivity contribution < 1.29 is 9.53 Å². The van der Waals surface area contributed by atoms with Crippen molar-refractivity contribution in [3.05, 3.63) is 23.0 Å². The second-order valence-electron chi connectivity index (χ2n) is 4.86. The van der Waals surface area contributed by atoms with E-state index in [0.717, 1.165) is 19.4 Å². The molecule has 1 amide bonds. The summed E-state index contributed by atoms with van der Waals surface area (Å²) in [6.07, 6.45) is 3.55. The Labute approximate surface area is 117 Å². The van der Waals surface area contributed by atoms with Gasteiger partial charge in [0.05, 0.1) is 24.1 Å². The number of nitrogens with two attached hydrogens (primary N) is 1. The van der Waals surface area contributed by atoms with Crippen molar-refractivity contribution in [1.82, 2.24) is 9.88 Å². The normalized spacial score (nSPS) is 19.2. The van der Waals surface area contributed by atoms with Crippen LogP contribution in [0, 0.1) is 5.92 Å². The molecule has 2 N–H and O–H groups in total. The third kappa shape index (κ3) is 3.58. The lowest BCUT2D eigenvalue weighted by atomic mass is 10.0. The van der Waals surface area contributed by atoms with Gasteiger partial charge in [-0.2, -0.15) is 0 Å². The molecule has 0 radical (unpaired) electrons. The molecule has 1 aliphatic rings. The van der Waals surface area contributed by atoms with Gasteiger partial charge in [-0.3, -0.25) is 4.79 Å². The zero-order valence-corrected chi connectivity index (χ0v) is 11.7. The van der Waals surface area contributed by atoms with Crippen LogP contribution in [0.3, 0.4) is 0 Å². The number of carbonyl (C=O) groups excluding carboxylic acids is 1. The second kappa shape index (κ2) is 6.21. The number of halogens is 1. The molecule has 1 unspecified atom stereocenters. The first kappa shape index (κ1) is 14.1. The van der Waals surface area contributed by atoms with E-state index in [4.69, 9.17) is 22.1 Å². The summed E-state index contributed by atoms with van der Waals surface area (Å²) < 4.78 is 5.42. The predicted octanol–water partition coefficient (Wildman–Crippen LogP) is 1.82. The zero-order chi connectivity index (χ0) is 13.8. The molecule has 1 aliphatic heterocycles. The number of ether oxygens (including phenoxy) is 1. The number of nitrogen functional groups attached to an aromatic ring is 1. The number of nitrogens with zero attached hydrogens (tertiary/aromatic N) is 2. The Morgan fingerprint density at radius 3 is 3.16 bits per heavy atom. The Morgan fingerprint density at radius 2 is 2.47 bits per heavy atom. The molecule has 2 rings (SSSR count). The highest BCUT2D eigenvalue weighted by Crippen LogP contribution is 2.19. The molecule has 0 aromatic carbocycles. The van der Waals surface area contributed by atoms with E-state index in [1.165, 1.54) is 12.3 Å². The molecule has 1 saturated heterocycles. The van der Waals surface area contributed by atoms with Crippen molar-refractivity contribution in [3.8, 4) is 0 Å². The molecule has 1 aromatic rings. The van der Waals surface area contributed by atoms with Gasteiger partial charge in [-0.05, 0) is 24.8 Å². The largest absolute Gasteiger partial charge is 0.397 e. The summed E-state index contributed by atoms with van der Waals surface area (Å²) in [4.78, 5) is 17.8. The smallest absolute Gasteiger partial charge is 0.255 e. The van der Waals surface area contributed by atoms with Crippen LogP contribution in [0.4, 0.5) is 5.69 Å². The molecule has 1 fully saturated rings. The number of aromatic nitrogens is 1. The van der Waals surface area contributed by atoms with Crippen molar-refractivity contribution >= 4 is 23.2 Å². The minimum Gasteiger partial charge on any atom is -0.397 e. The van der Waals surface area contributed by atoms with Gasteiger partial charge in [0.25, 0.3) is 5.91 Å². The molecule has 0 bridgehead atoms. The van der Waals surface area contributed by atoms with Crippen molar-refractivity contribution in [1.29, 1.82) is 0 Å². The average Bonchev–Trinajstić information content (AvgIpc) is 2.42. The summed E-state index contributed by atoms with van der Waals surface area (Å²) in [5.74, 6) is 0.258. The molecule has 104 valence electrons. The van der Waals surface area contributed by atoms with Gasteiger partial charge in [-0.25, -0.2) is 4.98 Å². The number of carbonyl (C=O) groups is 1. The van der Waals surface area contributed by atoms with Gasteiger partial charge in [0.15, 0.2) is 0 Å². The van der Waals surface area contributed by atoms with Crippen LogP contribution in [0.5, 0.6) is 0 Å². The third-order valence-electron chi connectivity index (χ3n) is 3.27. The third-order valence-corrected chi connectivity index (χ3v) is 3.47. The lowest BCUT2D eigenvalue weighted by Crippen LogP contribution is -2.35. The maximum absolute atomic E-state index is 12.3. The van der Waals surface area contributed by atoms with Crippen LogP contribution in [-0.4, -0.2) is 42.6 Å². The highest BCUT2D eigenvalue weighted by Gasteiger charge is 2.21. The lowest BCUT2D eigenvalue weighted by Gasteiger charge is -2.27. The summed E-state index contributed by atoms with van der Waals surface area (Å²) in [6.45, 7) is 2.20. The zero-order valence-electron chi connectivity index (χ0n) is 10.9. The minimum absolute atomic E-state index is 0.132. The molecule has 0 saturated carbocycles. The van der Waals surface area contributed by atoms with E-state index in [0.29, 0.717) is 30.3 Å². The second-order valence-corrected chi connectivity index (χ2v) is 5.25. The summed E-state index contributed by atoms with van der Waals surface area (Å²) in [6, 6.07) is 1.51. The van der Waals surface area contributed by atoms with Gasteiger partial charge in [-0.15, -0.1) is 0 Å². The molecule has 19 heavy (non-hydrogen) atoms. The van der Waals surface area contributed by atoms with Gasteiger partial charge in [0.2, 0.25) is 0 Å². The van der Waals surface area contributed by atoms with Gasteiger partial charge in [0.1, 0.15) is 5.15 Å². The predicted molar refractivity (Wildman–Crippen MR) is 74.2 cm³/mol. The Hall–Kier alpha value is -1.33. The van der Waals surface area contributed by atoms with Crippen LogP contribution in [0.25, 0.3) is 0 Å². The fraction of sp³-hybridized carbons (Fsp3) is 0.538. The first-order valence-electron chi connectivity index (χ1n) is 6.32. The van der Waals surface area contributed by atoms with E-state index in [9.17, 15) is 4.79 Å². The standard InChI is InChI=1S/C13H18ClN3O2/c1-17(7-9-3-2-4-19-8-9)13(18)10-5-12(14)16-6-11(10)15/h5-6,9H,2-4,7-8,15H2,1H3. The van der Waals surface area contributed by atoms with E-state index < -0.39 is 0 Å². The number of amides is 1. The quantitative estimate of drug-likeness (QED) is 0.859. The fourth-order valence-corrected chi connectivity index (χ4v) is 2.41. The number of hydrogen-bond acceptors (Lipinski definition) is 4.